The van der Waals surface area contributed by atoms with Crippen molar-refractivity contribution in [3.63, 3.8) is 0 Å². The first-order valence-electron chi connectivity index (χ1n) is 5.68. The van der Waals surface area contributed by atoms with Gasteiger partial charge >= 0.3 is 5.97 Å². The Hall–Kier alpha value is -1.45. The first kappa shape index (κ1) is 12.0. The van der Waals surface area contributed by atoms with E-state index in [1.807, 2.05) is 0 Å². The van der Waals surface area contributed by atoms with Crippen LogP contribution in [0, 0.1) is 0 Å². The maximum absolute atomic E-state index is 13.2. The van der Waals surface area contributed by atoms with Crippen LogP contribution in [0.2, 0.25) is 0 Å². The minimum absolute atomic E-state index is 0.135. The Labute approximate surface area is 98.3 Å². The maximum Gasteiger partial charge on any atom is 0.335 e. The van der Waals surface area contributed by atoms with Gasteiger partial charge in [0.1, 0.15) is 0 Å². The first-order valence-corrected chi connectivity index (χ1v) is 5.68. The van der Waals surface area contributed by atoms with E-state index in [4.69, 9.17) is 5.11 Å². The number of hydrogen-bond acceptors (Lipinski definition) is 1. The van der Waals surface area contributed by atoms with Crippen molar-refractivity contribution in [3.8, 4) is 0 Å². The zero-order valence-electron chi connectivity index (χ0n) is 9.33. The average molecular weight is 240 g/mol. The van der Waals surface area contributed by atoms with Gasteiger partial charge in [-0.3, -0.25) is 0 Å². The molecule has 0 radical (unpaired) electrons. The van der Waals surface area contributed by atoms with Crippen molar-refractivity contribution in [1.82, 2.24) is 0 Å². The van der Waals surface area contributed by atoms with Gasteiger partial charge in [-0.1, -0.05) is 25.0 Å². The highest BCUT2D eigenvalue weighted by atomic mass is 19.3. The molecular weight excluding hydrogens is 226 g/mol. The van der Waals surface area contributed by atoms with E-state index in [-0.39, 0.29) is 5.56 Å². The van der Waals surface area contributed by atoms with Crippen LogP contribution in [0.5, 0.6) is 0 Å². The Bertz CT molecular complexity index is 406. The largest absolute Gasteiger partial charge is 0.478 e. The third-order valence-electron chi connectivity index (χ3n) is 3.62. The van der Waals surface area contributed by atoms with Crippen LogP contribution < -0.4 is 0 Å². The summed E-state index contributed by atoms with van der Waals surface area (Å²) in [5.74, 6) is -1.03. The molecule has 4 heteroatoms. The average Bonchev–Trinajstić information content (AvgIpc) is 2.79. The van der Waals surface area contributed by atoms with Crippen LogP contribution in [0.1, 0.15) is 41.6 Å². The second-order valence-corrected chi connectivity index (χ2v) is 4.55. The molecule has 0 spiro atoms. The van der Waals surface area contributed by atoms with Crippen LogP contribution in [0.4, 0.5) is 8.78 Å². The first-order chi connectivity index (χ1) is 8.06. The number of rotatable bonds is 3. The van der Waals surface area contributed by atoms with Gasteiger partial charge in [-0.25, -0.2) is 13.6 Å². The second kappa shape index (κ2) is 4.43. The van der Waals surface area contributed by atoms with Crippen LogP contribution in [0.3, 0.4) is 0 Å². The SMILES string of the molecule is O=C(O)c1ccc(C2(C(F)F)CCCC2)cc1. The molecule has 1 aromatic carbocycles. The smallest absolute Gasteiger partial charge is 0.335 e. The number of carboxylic acids is 1. The molecule has 0 bridgehead atoms. The lowest BCUT2D eigenvalue weighted by molar-refractivity contribution is 0.0522. The van der Waals surface area contributed by atoms with Gasteiger partial charge in [0.2, 0.25) is 6.43 Å². The fourth-order valence-corrected chi connectivity index (χ4v) is 2.58. The lowest BCUT2D eigenvalue weighted by Gasteiger charge is -2.28. The highest BCUT2D eigenvalue weighted by Crippen LogP contribution is 2.45. The molecule has 0 unspecified atom stereocenters. The van der Waals surface area contributed by atoms with Crippen LogP contribution in [-0.4, -0.2) is 17.5 Å². The van der Waals surface area contributed by atoms with Gasteiger partial charge in [-0.05, 0) is 30.5 Å². The maximum atomic E-state index is 13.2. The van der Waals surface area contributed by atoms with E-state index in [9.17, 15) is 13.6 Å². The minimum atomic E-state index is -2.39. The van der Waals surface area contributed by atoms with Crippen molar-refractivity contribution in [2.24, 2.45) is 0 Å². The monoisotopic (exact) mass is 240 g/mol. The summed E-state index contributed by atoms with van der Waals surface area (Å²) in [7, 11) is 0. The minimum Gasteiger partial charge on any atom is -0.478 e. The van der Waals surface area contributed by atoms with Gasteiger partial charge in [0.15, 0.2) is 0 Å². The van der Waals surface area contributed by atoms with Crippen molar-refractivity contribution < 1.29 is 18.7 Å². The third kappa shape index (κ3) is 2.04. The predicted octanol–water partition coefficient (Wildman–Crippen LogP) is 3.46. The van der Waals surface area contributed by atoms with Gasteiger partial charge in [0.25, 0.3) is 0 Å². The van der Waals surface area contributed by atoms with Crippen molar-refractivity contribution in [2.45, 2.75) is 37.5 Å². The standard InChI is InChI=1S/C13H14F2O2/c14-12(15)13(7-1-2-8-13)10-5-3-9(4-6-10)11(16)17/h3-6,12H,1-2,7-8H2,(H,16,17). The molecule has 0 heterocycles. The van der Waals surface area contributed by atoms with Crippen molar-refractivity contribution in [2.75, 3.05) is 0 Å². The molecule has 1 fully saturated rings. The number of carboxylic acid groups (broad SMARTS) is 1. The third-order valence-corrected chi connectivity index (χ3v) is 3.62. The molecule has 0 aromatic heterocycles. The van der Waals surface area contributed by atoms with E-state index in [1.54, 1.807) is 0 Å². The van der Waals surface area contributed by atoms with Crippen molar-refractivity contribution in [1.29, 1.82) is 0 Å². The second-order valence-electron chi connectivity index (χ2n) is 4.55. The van der Waals surface area contributed by atoms with Crippen LogP contribution in [0.15, 0.2) is 24.3 Å². The number of hydrogen-bond donors (Lipinski definition) is 1. The van der Waals surface area contributed by atoms with E-state index in [1.165, 1.54) is 24.3 Å². The number of benzene rings is 1. The van der Waals surface area contributed by atoms with E-state index in [2.05, 4.69) is 0 Å². The summed E-state index contributed by atoms with van der Waals surface area (Å²) in [6.07, 6.45) is 0.199. The molecule has 1 aliphatic rings. The molecule has 92 valence electrons. The molecule has 0 atom stereocenters. The molecule has 1 aromatic rings. The van der Waals surface area contributed by atoms with Gasteiger partial charge in [-0.15, -0.1) is 0 Å². The normalized spacial score (nSPS) is 18.5. The highest BCUT2D eigenvalue weighted by Gasteiger charge is 2.43. The zero-order chi connectivity index (χ0) is 12.5. The molecule has 1 N–H and O–H groups in total. The van der Waals surface area contributed by atoms with Gasteiger partial charge < -0.3 is 5.11 Å². The Kier molecular flexibility index (Phi) is 3.13. The van der Waals surface area contributed by atoms with Gasteiger partial charge in [-0.2, -0.15) is 0 Å². The number of halogens is 2. The quantitative estimate of drug-likeness (QED) is 0.878. The predicted molar refractivity (Wildman–Crippen MR) is 59.6 cm³/mol. The van der Waals surface area contributed by atoms with E-state index in [0.29, 0.717) is 18.4 Å². The summed E-state index contributed by atoms with van der Waals surface area (Å²) in [6.45, 7) is 0. The van der Waals surface area contributed by atoms with Crippen molar-refractivity contribution in [3.05, 3.63) is 35.4 Å². The summed E-state index contributed by atoms with van der Waals surface area (Å²) in [5, 5.41) is 8.77. The Morgan fingerprint density at radius 1 is 1.18 bits per heavy atom. The van der Waals surface area contributed by atoms with Gasteiger partial charge in [0, 0.05) is 0 Å². The molecule has 0 saturated heterocycles. The Morgan fingerprint density at radius 2 is 1.71 bits per heavy atom. The van der Waals surface area contributed by atoms with Crippen LogP contribution >= 0.6 is 0 Å². The highest BCUT2D eigenvalue weighted by molar-refractivity contribution is 5.87. The van der Waals surface area contributed by atoms with Crippen LogP contribution in [-0.2, 0) is 5.41 Å². The molecule has 17 heavy (non-hydrogen) atoms. The Morgan fingerprint density at radius 3 is 2.12 bits per heavy atom. The van der Waals surface area contributed by atoms with Crippen LogP contribution in [0.25, 0.3) is 0 Å². The molecule has 1 saturated carbocycles. The van der Waals surface area contributed by atoms with Crippen molar-refractivity contribution >= 4 is 5.97 Å². The molecule has 0 amide bonds. The molecule has 1 aliphatic carbocycles. The summed E-state index contributed by atoms with van der Waals surface area (Å²) in [6, 6.07) is 5.86. The fraction of sp³-hybridized carbons (Fsp3) is 0.462. The summed E-state index contributed by atoms with van der Waals surface area (Å²) in [4.78, 5) is 10.7. The molecule has 0 aliphatic heterocycles. The summed E-state index contributed by atoms with van der Waals surface area (Å²) in [5.41, 5.74) is -0.358. The lowest BCUT2D eigenvalue weighted by Crippen LogP contribution is -2.31. The lowest BCUT2D eigenvalue weighted by atomic mass is 9.79. The van der Waals surface area contributed by atoms with E-state index < -0.39 is 17.8 Å². The molecule has 2 nitrogen and oxygen atoms in total. The topological polar surface area (TPSA) is 37.3 Å². The number of aromatic carboxylic acids is 1. The Balaban J connectivity index is 2.34. The summed E-state index contributed by atoms with van der Waals surface area (Å²) >= 11 is 0. The number of carbonyl (C=O) groups is 1. The summed E-state index contributed by atoms with van der Waals surface area (Å²) < 4.78 is 26.4. The van der Waals surface area contributed by atoms with E-state index >= 15 is 0 Å². The fourth-order valence-electron chi connectivity index (χ4n) is 2.58. The van der Waals surface area contributed by atoms with Gasteiger partial charge in [0.05, 0.1) is 11.0 Å². The number of alkyl halides is 2. The molecular formula is C13H14F2O2. The molecule has 2 rings (SSSR count). The van der Waals surface area contributed by atoms with E-state index in [0.717, 1.165) is 12.8 Å². The zero-order valence-corrected chi connectivity index (χ0v) is 9.33.